The molecule has 0 fully saturated rings. The normalized spacial score (nSPS) is 12.2. The van der Waals surface area contributed by atoms with Crippen molar-refractivity contribution in [1.82, 2.24) is 0 Å². The number of benzene rings is 2. The van der Waals surface area contributed by atoms with E-state index in [0.717, 1.165) is 12.8 Å². The molecule has 2 aromatic rings. The van der Waals surface area contributed by atoms with Crippen LogP contribution in [0.25, 0.3) is 0 Å². The minimum atomic E-state index is -0.778. The van der Waals surface area contributed by atoms with Gasteiger partial charge in [-0.05, 0) is 37.1 Å². The Morgan fingerprint density at radius 2 is 1.85 bits per heavy atom. The molecule has 0 aliphatic rings. The summed E-state index contributed by atoms with van der Waals surface area (Å²) in [7, 11) is 0. The number of para-hydroxylation sites is 1. The highest BCUT2D eigenvalue weighted by Crippen LogP contribution is 2.32. The van der Waals surface area contributed by atoms with Crippen LogP contribution in [0, 0.1) is 5.82 Å². The van der Waals surface area contributed by atoms with Crippen molar-refractivity contribution >= 4 is 0 Å². The molecule has 106 valence electrons. The lowest BCUT2D eigenvalue weighted by Crippen LogP contribution is -1.98. The zero-order valence-corrected chi connectivity index (χ0v) is 11.8. The molecule has 0 saturated carbocycles. The van der Waals surface area contributed by atoms with E-state index in [9.17, 15) is 9.50 Å². The summed E-state index contributed by atoms with van der Waals surface area (Å²) in [6.07, 6.45) is 1.32. The number of aliphatic hydroxyl groups excluding tert-OH is 1. The molecule has 1 atom stereocenters. The van der Waals surface area contributed by atoms with Gasteiger partial charge in [-0.25, -0.2) is 4.39 Å². The molecule has 0 heterocycles. The second-order valence-corrected chi connectivity index (χ2v) is 4.83. The summed E-state index contributed by atoms with van der Waals surface area (Å²) in [5.74, 6) is 0.184. The van der Waals surface area contributed by atoms with Gasteiger partial charge in [0.2, 0.25) is 0 Å². The predicted octanol–water partition coefficient (Wildman–Crippen LogP) is 4.62. The molecular weight excluding hydrogens is 255 g/mol. The van der Waals surface area contributed by atoms with Gasteiger partial charge in [0.25, 0.3) is 0 Å². The topological polar surface area (TPSA) is 29.5 Å². The van der Waals surface area contributed by atoms with Gasteiger partial charge in [-0.15, -0.1) is 0 Å². The van der Waals surface area contributed by atoms with Gasteiger partial charge in [0.15, 0.2) is 11.6 Å². The number of ether oxygens (including phenoxy) is 1. The van der Waals surface area contributed by atoms with E-state index in [4.69, 9.17) is 4.74 Å². The van der Waals surface area contributed by atoms with Crippen molar-refractivity contribution in [2.45, 2.75) is 32.8 Å². The van der Waals surface area contributed by atoms with Crippen molar-refractivity contribution in [3.05, 3.63) is 59.4 Å². The van der Waals surface area contributed by atoms with Crippen molar-refractivity contribution in [1.29, 1.82) is 0 Å². The molecule has 2 aromatic carbocycles. The molecule has 1 N–H and O–H groups in total. The molecular formula is C17H19FO2. The van der Waals surface area contributed by atoms with E-state index in [2.05, 4.69) is 6.92 Å². The molecule has 0 aliphatic heterocycles. The Morgan fingerprint density at radius 1 is 1.15 bits per heavy atom. The number of rotatable bonds is 5. The van der Waals surface area contributed by atoms with E-state index in [1.807, 2.05) is 24.3 Å². The Morgan fingerprint density at radius 3 is 2.45 bits per heavy atom. The van der Waals surface area contributed by atoms with Crippen molar-refractivity contribution in [3.63, 3.8) is 0 Å². The fourth-order valence-electron chi connectivity index (χ4n) is 2.09. The average Bonchev–Trinajstić information content (AvgIpc) is 2.43. The van der Waals surface area contributed by atoms with Crippen molar-refractivity contribution in [3.8, 4) is 11.5 Å². The van der Waals surface area contributed by atoms with Crippen LogP contribution < -0.4 is 4.74 Å². The summed E-state index contributed by atoms with van der Waals surface area (Å²) < 4.78 is 19.5. The Bertz CT molecular complexity index is 562. The molecule has 0 aliphatic carbocycles. The van der Waals surface area contributed by atoms with Crippen LogP contribution in [0.5, 0.6) is 11.5 Å². The highest BCUT2D eigenvalue weighted by atomic mass is 19.1. The van der Waals surface area contributed by atoms with Crippen LogP contribution in [0.4, 0.5) is 4.39 Å². The van der Waals surface area contributed by atoms with Gasteiger partial charge in [-0.2, -0.15) is 0 Å². The zero-order valence-electron chi connectivity index (χ0n) is 11.8. The first kappa shape index (κ1) is 14.5. The fourth-order valence-corrected chi connectivity index (χ4v) is 2.09. The Labute approximate surface area is 118 Å². The van der Waals surface area contributed by atoms with E-state index in [1.165, 1.54) is 11.6 Å². The number of hydrogen-bond donors (Lipinski definition) is 1. The van der Waals surface area contributed by atoms with Crippen LogP contribution in [0.15, 0.2) is 42.5 Å². The zero-order chi connectivity index (χ0) is 14.5. The van der Waals surface area contributed by atoms with Gasteiger partial charge in [-0.1, -0.05) is 37.6 Å². The molecule has 0 radical (unpaired) electrons. The van der Waals surface area contributed by atoms with E-state index in [-0.39, 0.29) is 5.75 Å². The summed E-state index contributed by atoms with van der Waals surface area (Å²) in [5, 5.41) is 9.67. The van der Waals surface area contributed by atoms with Gasteiger partial charge in [0, 0.05) is 5.56 Å². The maximum absolute atomic E-state index is 13.9. The first-order chi connectivity index (χ1) is 9.61. The van der Waals surface area contributed by atoms with Crippen LogP contribution in [0.2, 0.25) is 0 Å². The Kier molecular flexibility index (Phi) is 4.74. The van der Waals surface area contributed by atoms with Crippen molar-refractivity contribution in [2.24, 2.45) is 0 Å². The number of aryl methyl sites for hydroxylation is 1. The van der Waals surface area contributed by atoms with Gasteiger partial charge < -0.3 is 9.84 Å². The Balaban J connectivity index is 2.25. The molecule has 20 heavy (non-hydrogen) atoms. The molecule has 0 amide bonds. The predicted molar refractivity (Wildman–Crippen MR) is 77.5 cm³/mol. The van der Waals surface area contributed by atoms with Gasteiger partial charge in [0.1, 0.15) is 5.75 Å². The lowest BCUT2D eigenvalue weighted by Gasteiger charge is -2.14. The Hall–Kier alpha value is -1.87. The van der Waals surface area contributed by atoms with Crippen LogP contribution >= 0.6 is 0 Å². The summed E-state index contributed by atoms with van der Waals surface area (Å²) >= 11 is 0. The van der Waals surface area contributed by atoms with Crippen molar-refractivity contribution < 1.29 is 14.2 Å². The van der Waals surface area contributed by atoms with Crippen LogP contribution in [-0.2, 0) is 6.42 Å². The van der Waals surface area contributed by atoms with E-state index >= 15 is 0 Å². The van der Waals surface area contributed by atoms with Crippen molar-refractivity contribution in [2.75, 3.05) is 0 Å². The smallest absolute Gasteiger partial charge is 0.168 e. The minimum absolute atomic E-state index is 0.0886. The molecule has 0 saturated heterocycles. The van der Waals surface area contributed by atoms with E-state index < -0.39 is 11.9 Å². The van der Waals surface area contributed by atoms with Gasteiger partial charge in [0.05, 0.1) is 6.10 Å². The average molecular weight is 274 g/mol. The fraction of sp³-hybridized carbons (Fsp3) is 0.294. The molecule has 2 nitrogen and oxygen atoms in total. The summed E-state index contributed by atoms with van der Waals surface area (Å²) in [4.78, 5) is 0. The number of aliphatic hydroxyl groups is 1. The third-order valence-electron chi connectivity index (χ3n) is 3.13. The van der Waals surface area contributed by atoms with Crippen LogP contribution in [0.1, 0.15) is 37.5 Å². The maximum Gasteiger partial charge on any atom is 0.168 e. The molecule has 0 bridgehead atoms. The highest BCUT2D eigenvalue weighted by Gasteiger charge is 2.14. The third kappa shape index (κ3) is 3.36. The molecule has 2 rings (SSSR count). The summed E-state index contributed by atoms with van der Waals surface area (Å²) in [5.41, 5.74) is 1.67. The molecule has 0 aromatic heterocycles. The number of halogens is 1. The molecule has 1 unspecified atom stereocenters. The first-order valence-electron chi connectivity index (χ1n) is 6.85. The number of hydrogen-bond acceptors (Lipinski definition) is 2. The van der Waals surface area contributed by atoms with Crippen LogP contribution in [-0.4, -0.2) is 5.11 Å². The monoisotopic (exact) mass is 274 g/mol. The maximum atomic E-state index is 13.9. The molecule has 0 spiro atoms. The standard InChI is InChI=1S/C17H19FO2/c1-3-5-13-8-10-14(11-9-13)20-17-15(12(2)19)6-4-7-16(17)18/h4,6-12,19H,3,5H2,1-2H3. The van der Waals surface area contributed by atoms with Crippen LogP contribution in [0.3, 0.4) is 0 Å². The first-order valence-corrected chi connectivity index (χ1v) is 6.85. The third-order valence-corrected chi connectivity index (χ3v) is 3.13. The SMILES string of the molecule is CCCc1ccc(Oc2c(F)cccc2C(C)O)cc1. The second-order valence-electron chi connectivity index (χ2n) is 4.83. The highest BCUT2D eigenvalue weighted by molar-refractivity contribution is 5.40. The second kappa shape index (κ2) is 6.53. The quantitative estimate of drug-likeness (QED) is 0.861. The molecule has 3 heteroatoms. The lowest BCUT2D eigenvalue weighted by atomic mass is 10.1. The van der Waals surface area contributed by atoms with Gasteiger partial charge >= 0.3 is 0 Å². The van der Waals surface area contributed by atoms with E-state index in [1.54, 1.807) is 19.1 Å². The van der Waals surface area contributed by atoms with E-state index in [0.29, 0.717) is 11.3 Å². The largest absolute Gasteiger partial charge is 0.454 e. The summed E-state index contributed by atoms with van der Waals surface area (Å²) in [6, 6.07) is 12.1. The summed E-state index contributed by atoms with van der Waals surface area (Å²) in [6.45, 7) is 3.71. The van der Waals surface area contributed by atoms with Gasteiger partial charge in [-0.3, -0.25) is 0 Å². The lowest BCUT2D eigenvalue weighted by molar-refractivity contribution is 0.194. The minimum Gasteiger partial charge on any atom is -0.454 e.